The van der Waals surface area contributed by atoms with E-state index >= 15 is 0 Å². The van der Waals surface area contributed by atoms with Crippen LogP contribution in [0, 0.1) is 0 Å². The van der Waals surface area contributed by atoms with Crippen molar-refractivity contribution in [3.63, 3.8) is 0 Å². The van der Waals surface area contributed by atoms with E-state index in [4.69, 9.17) is 18.9 Å². The highest BCUT2D eigenvalue weighted by molar-refractivity contribution is 5.96. The van der Waals surface area contributed by atoms with Crippen molar-refractivity contribution in [1.82, 2.24) is 0 Å². The number of ether oxygens (including phenoxy) is 4. The number of benzene rings is 2. The number of anilines is 1. The highest BCUT2D eigenvalue weighted by Gasteiger charge is 2.29. The van der Waals surface area contributed by atoms with Crippen LogP contribution in [0.3, 0.4) is 0 Å². The Hall–Kier alpha value is -2.89. The molecule has 0 spiro atoms. The second-order valence-electron chi connectivity index (χ2n) is 5.94. The quantitative estimate of drug-likeness (QED) is 0.856. The van der Waals surface area contributed by atoms with E-state index in [0.29, 0.717) is 36.0 Å². The number of rotatable bonds is 6. The fourth-order valence-corrected chi connectivity index (χ4v) is 3.26. The van der Waals surface area contributed by atoms with E-state index in [-0.39, 0.29) is 11.8 Å². The largest absolute Gasteiger partial charge is 0.493 e. The Morgan fingerprint density at radius 3 is 2.27 bits per heavy atom. The van der Waals surface area contributed by atoms with Gasteiger partial charge in [0, 0.05) is 24.1 Å². The molecule has 26 heavy (non-hydrogen) atoms. The first kappa shape index (κ1) is 17.9. The molecule has 0 saturated carbocycles. The van der Waals surface area contributed by atoms with Crippen molar-refractivity contribution in [1.29, 1.82) is 0 Å². The summed E-state index contributed by atoms with van der Waals surface area (Å²) < 4.78 is 21.8. The molecule has 6 nitrogen and oxygen atoms in total. The van der Waals surface area contributed by atoms with Gasteiger partial charge < -0.3 is 24.3 Å². The Bertz CT molecular complexity index is 818. The standard InChI is InChI=1S/C20H23NO5/c1-5-26-16-7-6-12(8-17(16)23-2)13-10-20(22)21-15-11-19(25-4)18(24-3)9-14(13)15/h6-9,11,13H,5,10H2,1-4H3,(H,21,22). The fourth-order valence-electron chi connectivity index (χ4n) is 3.26. The molecule has 1 amide bonds. The molecule has 1 heterocycles. The van der Waals surface area contributed by atoms with Gasteiger partial charge >= 0.3 is 0 Å². The minimum Gasteiger partial charge on any atom is -0.493 e. The molecule has 1 aliphatic heterocycles. The van der Waals surface area contributed by atoms with E-state index in [9.17, 15) is 4.79 Å². The van der Waals surface area contributed by atoms with E-state index in [0.717, 1.165) is 16.8 Å². The smallest absolute Gasteiger partial charge is 0.225 e. The third-order valence-corrected chi connectivity index (χ3v) is 4.48. The van der Waals surface area contributed by atoms with E-state index in [1.807, 2.05) is 31.2 Å². The van der Waals surface area contributed by atoms with Gasteiger partial charge in [0.15, 0.2) is 23.0 Å². The first-order valence-corrected chi connectivity index (χ1v) is 8.47. The lowest BCUT2D eigenvalue weighted by Gasteiger charge is -2.27. The van der Waals surface area contributed by atoms with E-state index in [1.165, 1.54) is 0 Å². The average molecular weight is 357 g/mol. The molecule has 1 atom stereocenters. The molecule has 2 aromatic rings. The van der Waals surface area contributed by atoms with Gasteiger partial charge in [-0.05, 0) is 36.2 Å². The summed E-state index contributed by atoms with van der Waals surface area (Å²) in [6.07, 6.45) is 0.347. The van der Waals surface area contributed by atoms with Crippen molar-refractivity contribution in [2.45, 2.75) is 19.3 Å². The summed E-state index contributed by atoms with van der Waals surface area (Å²) in [7, 11) is 4.78. The normalized spacial score (nSPS) is 15.7. The second kappa shape index (κ2) is 7.56. The van der Waals surface area contributed by atoms with Crippen LogP contribution in [0.15, 0.2) is 30.3 Å². The minimum absolute atomic E-state index is 0.0393. The summed E-state index contributed by atoms with van der Waals surface area (Å²) in [5, 5.41) is 2.92. The summed E-state index contributed by atoms with van der Waals surface area (Å²) in [5.41, 5.74) is 2.69. The molecule has 0 bridgehead atoms. The summed E-state index contributed by atoms with van der Waals surface area (Å²) in [6.45, 7) is 2.48. The number of methoxy groups -OCH3 is 3. The number of amides is 1. The Labute approximate surface area is 153 Å². The van der Waals surface area contributed by atoms with Gasteiger partial charge in [0.2, 0.25) is 5.91 Å². The van der Waals surface area contributed by atoms with Crippen molar-refractivity contribution < 1.29 is 23.7 Å². The van der Waals surface area contributed by atoms with Crippen molar-refractivity contribution in [3.8, 4) is 23.0 Å². The van der Waals surface area contributed by atoms with E-state index in [2.05, 4.69) is 5.32 Å². The van der Waals surface area contributed by atoms with Crippen LogP contribution in [0.25, 0.3) is 0 Å². The van der Waals surface area contributed by atoms with Gasteiger partial charge in [-0.3, -0.25) is 4.79 Å². The minimum atomic E-state index is -0.108. The molecule has 0 radical (unpaired) electrons. The summed E-state index contributed by atoms with van der Waals surface area (Å²) in [5.74, 6) is 2.40. The van der Waals surface area contributed by atoms with Crippen LogP contribution in [0.1, 0.15) is 30.4 Å². The monoisotopic (exact) mass is 357 g/mol. The zero-order valence-electron chi connectivity index (χ0n) is 15.4. The molecule has 0 aromatic heterocycles. The molecular weight excluding hydrogens is 334 g/mol. The number of carbonyl (C=O) groups is 1. The van der Waals surface area contributed by atoms with Gasteiger partial charge in [-0.25, -0.2) is 0 Å². The molecule has 6 heteroatoms. The van der Waals surface area contributed by atoms with Crippen LogP contribution in [0.5, 0.6) is 23.0 Å². The fraction of sp³-hybridized carbons (Fsp3) is 0.350. The molecule has 3 rings (SSSR count). The van der Waals surface area contributed by atoms with Crippen molar-refractivity contribution in [2.24, 2.45) is 0 Å². The third kappa shape index (κ3) is 3.27. The SMILES string of the molecule is CCOc1ccc(C2CC(=O)Nc3cc(OC)c(OC)cc32)cc1OC. The Morgan fingerprint density at radius 2 is 1.62 bits per heavy atom. The molecule has 1 aliphatic rings. The van der Waals surface area contributed by atoms with Gasteiger partial charge in [0.25, 0.3) is 0 Å². The maximum absolute atomic E-state index is 12.2. The number of nitrogens with one attached hydrogen (secondary N) is 1. The third-order valence-electron chi connectivity index (χ3n) is 4.48. The topological polar surface area (TPSA) is 66.0 Å². The molecule has 0 aliphatic carbocycles. The lowest BCUT2D eigenvalue weighted by molar-refractivity contribution is -0.116. The van der Waals surface area contributed by atoms with E-state index in [1.54, 1.807) is 27.4 Å². The Balaban J connectivity index is 2.08. The highest BCUT2D eigenvalue weighted by Crippen LogP contribution is 2.44. The zero-order valence-corrected chi connectivity index (χ0v) is 15.4. The predicted octanol–water partition coefficient (Wildman–Crippen LogP) is 3.59. The van der Waals surface area contributed by atoms with Crippen LogP contribution < -0.4 is 24.3 Å². The number of carbonyl (C=O) groups excluding carboxylic acids is 1. The number of hydrogen-bond donors (Lipinski definition) is 1. The summed E-state index contributed by atoms with van der Waals surface area (Å²) in [4.78, 5) is 12.2. The van der Waals surface area contributed by atoms with Gasteiger partial charge in [-0.2, -0.15) is 0 Å². The second-order valence-corrected chi connectivity index (χ2v) is 5.94. The van der Waals surface area contributed by atoms with Gasteiger partial charge in [-0.1, -0.05) is 6.07 Å². The molecule has 1 unspecified atom stereocenters. The zero-order chi connectivity index (χ0) is 18.7. The first-order valence-electron chi connectivity index (χ1n) is 8.47. The number of hydrogen-bond acceptors (Lipinski definition) is 5. The average Bonchev–Trinajstić information content (AvgIpc) is 2.66. The molecular formula is C20H23NO5. The summed E-state index contributed by atoms with van der Waals surface area (Å²) >= 11 is 0. The van der Waals surface area contributed by atoms with Crippen LogP contribution in [-0.2, 0) is 4.79 Å². The Morgan fingerprint density at radius 1 is 0.962 bits per heavy atom. The molecule has 1 N–H and O–H groups in total. The molecule has 0 saturated heterocycles. The maximum Gasteiger partial charge on any atom is 0.225 e. The van der Waals surface area contributed by atoms with Crippen LogP contribution in [0.4, 0.5) is 5.69 Å². The molecule has 0 fully saturated rings. The lowest BCUT2D eigenvalue weighted by Crippen LogP contribution is -2.23. The lowest BCUT2D eigenvalue weighted by atomic mass is 9.84. The van der Waals surface area contributed by atoms with Crippen molar-refractivity contribution in [2.75, 3.05) is 33.3 Å². The first-order chi connectivity index (χ1) is 12.6. The van der Waals surface area contributed by atoms with Gasteiger partial charge in [0.1, 0.15) is 0 Å². The highest BCUT2D eigenvalue weighted by atomic mass is 16.5. The predicted molar refractivity (Wildman–Crippen MR) is 98.8 cm³/mol. The van der Waals surface area contributed by atoms with Crippen molar-refractivity contribution in [3.05, 3.63) is 41.5 Å². The molecule has 2 aromatic carbocycles. The van der Waals surface area contributed by atoms with E-state index < -0.39 is 0 Å². The van der Waals surface area contributed by atoms with Crippen LogP contribution >= 0.6 is 0 Å². The summed E-state index contributed by atoms with van der Waals surface area (Å²) in [6, 6.07) is 9.49. The molecule has 138 valence electrons. The van der Waals surface area contributed by atoms with Gasteiger partial charge in [-0.15, -0.1) is 0 Å². The van der Waals surface area contributed by atoms with Crippen LogP contribution in [0.2, 0.25) is 0 Å². The number of fused-ring (bicyclic) bond motifs is 1. The Kier molecular flexibility index (Phi) is 5.21. The van der Waals surface area contributed by atoms with Crippen LogP contribution in [-0.4, -0.2) is 33.8 Å². The maximum atomic E-state index is 12.2. The van der Waals surface area contributed by atoms with Gasteiger partial charge in [0.05, 0.1) is 27.9 Å². The van der Waals surface area contributed by atoms with Crippen molar-refractivity contribution >= 4 is 11.6 Å².